The number of fused-ring (bicyclic) bond motifs is 1. The van der Waals surface area contributed by atoms with Crippen LogP contribution in [0.3, 0.4) is 0 Å². The maximum atomic E-state index is 4.42. The minimum Gasteiger partial charge on any atom is -0.372 e. The van der Waals surface area contributed by atoms with Gasteiger partial charge in [-0.25, -0.2) is 0 Å². The van der Waals surface area contributed by atoms with E-state index >= 15 is 0 Å². The molecule has 2 heteroatoms. The summed E-state index contributed by atoms with van der Waals surface area (Å²) in [5, 5.41) is 1.19. The number of hydrogen-bond donors (Lipinski definition) is 0. The molecule has 0 fully saturated rings. The molecular formula is C23H26N2. The smallest absolute Gasteiger partial charge is 0.0707 e. The number of hydrogen-bond acceptors (Lipinski definition) is 2. The van der Waals surface area contributed by atoms with Crippen LogP contribution in [-0.2, 0) is 0 Å². The van der Waals surface area contributed by atoms with Gasteiger partial charge >= 0.3 is 0 Å². The van der Waals surface area contributed by atoms with Crippen LogP contribution in [0.25, 0.3) is 23.1 Å². The van der Waals surface area contributed by atoms with Crippen molar-refractivity contribution in [2.75, 3.05) is 18.0 Å². The van der Waals surface area contributed by atoms with Gasteiger partial charge in [0.1, 0.15) is 0 Å². The van der Waals surface area contributed by atoms with Crippen LogP contribution in [0.5, 0.6) is 0 Å². The summed E-state index contributed by atoms with van der Waals surface area (Å²) in [4.78, 5) is 6.89. The van der Waals surface area contributed by atoms with E-state index in [1.807, 2.05) is 12.3 Å². The highest BCUT2D eigenvalue weighted by atomic mass is 15.1. The van der Waals surface area contributed by atoms with Crippen LogP contribution in [0.1, 0.15) is 37.8 Å². The first-order valence-corrected chi connectivity index (χ1v) is 9.18. The zero-order chi connectivity index (χ0) is 17.5. The normalized spacial score (nSPS) is 11.3. The standard InChI is InChI=1S/C23H26N2/c1-3-17-25(18-4-2)21-13-10-19(11-14-21)9-12-20-15-16-24-23-8-6-5-7-22(20)23/h5-16H,3-4,17-18H2,1-2H3. The molecule has 3 aromatic rings. The molecule has 0 bridgehead atoms. The molecule has 0 aliphatic carbocycles. The Kier molecular flexibility index (Phi) is 5.84. The third-order valence-corrected chi connectivity index (χ3v) is 4.38. The van der Waals surface area contributed by atoms with Gasteiger partial charge in [0.2, 0.25) is 0 Å². The number of aromatic nitrogens is 1. The Morgan fingerprint density at radius 1 is 0.840 bits per heavy atom. The highest BCUT2D eigenvalue weighted by molar-refractivity contribution is 5.90. The number of nitrogens with zero attached hydrogens (tertiary/aromatic N) is 2. The Morgan fingerprint density at radius 2 is 1.56 bits per heavy atom. The molecule has 0 aliphatic rings. The first-order valence-electron chi connectivity index (χ1n) is 9.18. The first-order chi connectivity index (χ1) is 12.3. The lowest BCUT2D eigenvalue weighted by molar-refractivity contribution is 0.745. The largest absolute Gasteiger partial charge is 0.372 e. The Bertz CT molecular complexity index is 823. The minimum atomic E-state index is 1.04. The van der Waals surface area contributed by atoms with E-state index in [0.29, 0.717) is 0 Å². The molecule has 0 atom stereocenters. The second-order valence-corrected chi connectivity index (χ2v) is 6.33. The minimum absolute atomic E-state index is 1.04. The number of anilines is 1. The first kappa shape index (κ1) is 17.2. The Morgan fingerprint density at radius 3 is 2.28 bits per heavy atom. The van der Waals surface area contributed by atoms with Crippen molar-refractivity contribution in [1.29, 1.82) is 0 Å². The zero-order valence-corrected chi connectivity index (χ0v) is 15.2. The second kappa shape index (κ2) is 8.48. The van der Waals surface area contributed by atoms with Crippen molar-refractivity contribution in [2.45, 2.75) is 26.7 Å². The third kappa shape index (κ3) is 4.27. The van der Waals surface area contributed by atoms with E-state index in [1.165, 1.54) is 35.0 Å². The molecule has 1 aromatic heterocycles. The van der Waals surface area contributed by atoms with Gasteiger partial charge in [0, 0.05) is 30.4 Å². The monoisotopic (exact) mass is 330 g/mol. The van der Waals surface area contributed by atoms with Crippen molar-refractivity contribution in [1.82, 2.24) is 4.98 Å². The van der Waals surface area contributed by atoms with E-state index in [1.54, 1.807) is 0 Å². The van der Waals surface area contributed by atoms with Gasteiger partial charge in [0.05, 0.1) is 5.52 Å². The molecule has 0 unspecified atom stereocenters. The van der Waals surface area contributed by atoms with Crippen LogP contribution < -0.4 is 4.90 Å². The summed E-state index contributed by atoms with van der Waals surface area (Å²) in [6, 6.07) is 19.2. The number of pyridine rings is 1. The van der Waals surface area contributed by atoms with Crippen molar-refractivity contribution >= 4 is 28.7 Å². The van der Waals surface area contributed by atoms with Crippen LogP contribution >= 0.6 is 0 Å². The summed E-state index contributed by atoms with van der Waals surface area (Å²) < 4.78 is 0. The molecule has 0 spiro atoms. The lowest BCUT2D eigenvalue weighted by Crippen LogP contribution is -2.24. The predicted octanol–water partition coefficient (Wildman–Crippen LogP) is 6.03. The van der Waals surface area contributed by atoms with E-state index in [0.717, 1.165) is 18.6 Å². The van der Waals surface area contributed by atoms with Crippen LogP contribution in [0, 0.1) is 0 Å². The SMILES string of the molecule is CCCN(CCC)c1ccc(C=Cc2ccnc3ccccc23)cc1. The lowest BCUT2D eigenvalue weighted by Gasteiger charge is -2.23. The summed E-state index contributed by atoms with van der Waals surface area (Å²) in [6.07, 6.45) is 8.58. The van der Waals surface area contributed by atoms with Gasteiger partial charge in [-0.2, -0.15) is 0 Å². The Balaban J connectivity index is 1.79. The maximum Gasteiger partial charge on any atom is 0.0707 e. The predicted molar refractivity (Wildman–Crippen MR) is 110 cm³/mol. The van der Waals surface area contributed by atoms with Gasteiger partial charge in [-0.15, -0.1) is 0 Å². The van der Waals surface area contributed by atoms with E-state index < -0.39 is 0 Å². The fourth-order valence-electron chi connectivity index (χ4n) is 3.16. The van der Waals surface area contributed by atoms with Crippen molar-refractivity contribution < 1.29 is 0 Å². The van der Waals surface area contributed by atoms with E-state index in [4.69, 9.17) is 0 Å². The second-order valence-electron chi connectivity index (χ2n) is 6.33. The molecule has 0 radical (unpaired) electrons. The summed E-state index contributed by atoms with van der Waals surface area (Å²) in [7, 11) is 0. The Labute approximate surface area is 150 Å². The van der Waals surface area contributed by atoms with Crippen molar-refractivity contribution in [3.8, 4) is 0 Å². The summed E-state index contributed by atoms with van der Waals surface area (Å²) in [6.45, 7) is 6.70. The highest BCUT2D eigenvalue weighted by Crippen LogP contribution is 2.20. The lowest BCUT2D eigenvalue weighted by atomic mass is 10.1. The van der Waals surface area contributed by atoms with Crippen molar-refractivity contribution in [3.63, 3.8) is 0 Å². The Hall–Kier alpha value is -2.61. The van der Waals surface area contributed by atoms with E-state index in [9.17, 15) is 0 Å². The van der Waals surface area contributed by atoms with Crippen LogP contribution in [0.4, 0.5) is 5.69 Å². The van der Waals surface area contributed by atoms with Gasteiger partial charge in [-0.05, 0) is 48.2 Å². The van der Waals surface area contributed by atoms with Crippen molar-refractivity contribution in [2.24, 2.45) is 0 Å². The highest BCUT2D eigenvalue weighted by Gasteiger charge is 2.03. The zero-order valence-electron chi connectivity index (χ0n) is 15.2. The molecule has 2 aromatic carbocycles. The topological polar surface area (TPSA) is 16.1 Å². The van der Waals surface area contributed by atoms with Gasteiger partial charge in [0.15, 0.2) is 0 Å². The van der Waals surface area contributed by atoms with Gasteiger partial charge in [0.25, 0.3) is 0 Å². The summed E-state index contributed by atoms with van der Waals surface area (Å²) in [5.74, 6) is 0. The molecule has 25 heavy (non-hydrogen) atoms. The molecule has 1 heterocycles. The molecule has 0 amide bonds. The van der Waals surface area contributed by atoms with Gasteiger partial charge < -0.3 is 4.90 Å². The molecule has 0 saturated heterocycles. The third-order valence-electron chi connectivity index (χ3n) is 4.38. The quantitative estimate of drug-likeness (QED) is 0.525. The molecule has 0 N–H and O–H groups in total. The number of para-hydroxylation sites is 1. The average Bonchev–Trinajstić information content (AvgIpc) is 2.66. The van der Waals surface area contributed by atoms with Crippen molar-refractivity contribution in [3.05, 3.63) is 71.9 Å². The van der Waals surface area contributed by atoms with E-state index in [-0.39, 0.29) is 0 Å². The fraction of sp³-hybridized carbons (Fsp3) is 0.261. The molecule has 2 nitrogen and oxygen atoms in total. The molecular weight excluding hydrogens is 304 g/mol. The number of rotatable bonds is 7. The summed E-state index contributed by atoms with van der Waals surface area (Å²) >= 11 is 0. The van der Waals surface area contributed by atoms with Crippen LogP contribution in [-0.4, -0.2) is 18.1 Å². The average molecular weight is 330 g/mol. The van der Waals surface area contributed by atoms with Crippen LogP contribution in [0.2, 0.25) is 0 Å². The maximum absolute atomic E-state index is 4.42. The van der Waals surface area contributed by atoms with Crippen LogP contribution in [0.15, 0.2) is 60.8 Å². The molecule has 128 valence electrons. The summed E-state index contributed by atoms with van der Waals surface area (Å²) in [5.41, 5.74) is 4.77. The number of benzene rings is 2. The van der Waals surface area contributed by atoms with Gasteiger partial charge in [-0.3, -0.25) is 4.98 Å². The van der Waals surface area contributed by atoms with Gasteiger partial charge in [-0.1, -0.05) is 56.3 Å². The van der Waals surface area contributed by atoms with E-state index in [2.05, 4.69) is 84.4 Å². The molecule has 0 aliphatic heterocycles. The molecule has 3 rings (SSSR count). The molecule has 0 saturated carbocycles. The fourth-order valence-corrected chi connectivity index (χ4v) is 3.16.